The Morgan fingerprint density at radius 1 is 1.39 bits per heavy atom. The van der Waals surface area contributed by atoms with E-state index in [2.05, 4.69) is 43.4 Å². The molecule has 1 heterocycles. The van der Waals surface area contributed by atoms with Crippen LogP contribution in [0.3, 0.4) is 0 Å². The predicted molar refractivity (Wildman–Crippen MR) is 90.5 cm³/mol. The molecule has 1 aliphatic carbocycles. The molecule has 3 atom stereocenters. The summed E-state index contributed by atoms with van der Waals surface area (Å²) in [5, 5.41) is 11.1. The Hall–Kier alpha value is -1.56. The lowest BCUT2D eigenvalue weighted by atomic mass is 10.1. The third-order valence-electron chi connectivity index (χ3n) is 4.13. The lowest BCUT2D eigenvalue weighted by molar-refractivity contribution is 0.0522. The number of aromatic nitrogens is 2. The number of aryl methyl sites for hydroxylation is 2. The van der Waals surface area contributed by atoms with Crippen molar-refractivity contribution in [3.05, 3.63) is 17.0 Å². The first-order valence-electron chi connectivity index (χ1n) is 8.41. The average Bonchev–Trinajstić information content (AvgIpc) is 3.02. The number of amides is 1. The molecule has 1 aromatic rings. The molecule has 1 aromatic heterocycles. The summed E-state index contributed by atoms with van der Waals surface area (Å²) < 4.78 is 7.33. The highest BCUT2D eigenvalue weighted by Crippen LogP contribution is 2.28. The molecule has 6 heteroatoms. The first-order valence-corrected chi connectivity index (χ1v) is 8.41. The molecule has 130 valence electrons. The van der Waals surface area contributed by atoms with Crippen LogP contribution in [0.25, 0.3) is 0 Å². The summed E-state index contributed by atoms with van der Waals surface area (Å²) in [7, 11) is 0. The maximum Gasteiger partial charge on any atom is 0.407 e. The smallest absolute Gasteiger partial charge is 0.407 e. The second-order valence-electron chi connectivity index (χ2n) is 7.38. The number of carbonyl (C=O) groups is 1. The van der Waals surface area contributed by atoms with E-state index in [9.17, 15) is 4.79 Å². The van der Waals surface area contributed by atoms with Crippen molar-refractivity contribution in [2.45, 2.75) is 85.2 Å². The Balaban J connectivity index is 1.88. The van der Waals surface area contributed by atoms with Crippen LogP contribution in [-0.2, 0) is 11.3 Å². The van der Waals surface area contributed by atoms with Gasteiger partial charge in [-0.1, -0.05) is 0 Å². The fourth-order valence-corrected chi connectivity index (χ4v) is 3.05. The lowest BCUT2D eigenvalue weighted by Gasteiger charge is -2.20. The highest BCUT2D eigenvalue weighted by atomic mass is 16.6. The summed E-state index contributed by atoms with van der Waals surface area (Å²) in [6.45, 7) is 14.9. The highest BCUT2D eigenvalue weighted by molar-refractivity contribution is 5.68. The van der Waals surface area contributed by atoms with Crippen molar-refractivity contribution in [2.24, 2.45) is 0 Å². The molecule has 0 saturated heterocycles. The Morgan fingerprint density at radius 2 is 2.04 bits per heavy atom. The molecule has 1 saturated carbocycles. The molecule has 0 aliphatic heterocycles. The van der Waals surface area contributed by atoms with Gasteiger partial charge in [-0.05, 0) is 54.9 Å². The zero-order valence-electron chi connectivity index (χ0n) is 15.4. The van der Waals surface area contributed by atoms with E-state index in [-0.39, 0.29) is 18.2 Å². The summed E-state index contributed by atoms with van der Waals surface area (Å²) in [5.41, 5.74) is 3.08. The maximum atomic E-state index is 11.8. The predicted octanol–water partition coefficient (Wildman–Crippen LogP) is 2.84. The molecule has 3 unspecified atom stereocenters. The number of hydrogen-bond acceptors (Lipinski definition) is 4. The van der Waals surface area contributed by atoms with E-state index in [0.717, 1.165) is 18.7 Å². The van der Waals surface area contributed by atoms with Gasteiger partial charge in [-0.25, -0.2) is 4.79 Å². The fraction of sp³-hybridized carbons (Fsp3) is 0.765. The van der Waals surface area contributed by atoms with Gasteiger partial charge in [0.05, 0.1) is 5.69 Å². The van der Waals surface area contributed by atoms with E-state index in [0.29, 0.717) is 6.04 Å². The molecular formula is C17H30N4O2. The van der Waals surface area contributed by atoms with Crippen LogP contribution in [0.4, 0.5) is 4.79 Å². The van der Waals surface area contributed by atoms with E-state index in [1.165, 1.54) is 11.3 Å². The van der Waals surface area contributed by atoms with E-state index >= 15 is 0 Å². The van der Waals surface area contributed by atoms with Crippen molar-refractivity contribution in [1.82, 2.24) is 20.4 Å². The van der Waals surface area contributed by atoms with Crippen molar-refractivity contribution in [2.75, 3.05) is 0 Å². The van der Waals surface area contributed by atoms with E-state index in [1.54, 1.807) is 0 Å². The molecule has 1 aliphatic rings. The summed E-state index contributed by atoms with van der Waals surface area (Å²) in [6.07, 6.45) is 0.592. The number of nitrogens with one attached hydrogen (secondary N) is 2. The van der Waals surface area contributed by atoms with Crippen molar-refractivity contribution in [3.63, 3.8) is 0 Å². The van der Waals surface area contributed by atoms with Gasteiger partial charge in [0.25, 0.3) is 0 Å². The van der Waals surface area contributed by atoms with E-state index in [4.69, 9.17) is 4.74 Å². The van der Waals surface area contributed by atoms with Crippen LogP contribution in [0.2, 0.25) is 0 Å². The SMILES string of the molecule is CCn1nc(C)c(C(C)NC2CC2NC(=O)OC(C)(C)C)c1C. The zero-order valence-corrected chi connectivity index (χ0v) is 15.4. The third-order valence-corrected chi connectivity index (χ3v) is 4.13. The van der Waals surface area contributed by atoms with Crippen LogP contribution in [0, 0.1) is 13.8 Å². The fourth-order valence-electron chi connectivity index (χ4n) is 3.05. The number of nitrogens with zero attached hydrogens (tertiary/aromatic N) is 2. The van der Waals surface area contributed by atoms with Crippen molar-refractivity contribution >= 4 is 6.09 Å². The van der Waals surface area contributed by atoms with Gasteiger partial charge in [0, 0.05) is 35.9 Å². The number of rotatable bonds is 5. The number of hydrogen-bond donors (Lipinski definition) is 2. The molecule has 0 bridgehead atoms. The minimum Gasteiger partial charge on any atom is -0.444 e. The quantitative estimate of drug-likeness (QED) is 0.875. The van der Waals surface area contributed by atoms with Crippen molar-refractivity contribution < 1.29 is 9.53 Å². The van der Waals surface area contributed by atoms with Crippen LogP contribution in [0.5, 0.6) is 0 Å². The highest BCUT2D eigenvalue weighted by Gasteiger charge is 2.40. The minimum atomic E-state index is -0.460. The molecule has 0 spiro atoms. The normalized spacial score (nSPS) is 21.9. The Morgan fingerprint density at radius 3 is 2.57 bits per heavy atom. The maximum absolute atomic E-state index is 11.8. The molecule has 1 fully saturated rings. The van der Waals surface area contributed by atoms with Gasteiger partial charge in [-0.15, -0.1) is 0 Å². The molecule has 0 aromatic carbocycles. The van der Waals surface area contributed by atoms with Gasteiger partial charge in [0.15, 0.2) is 0 Å². The van der Waals surface area contributed by atoms with Crippen LogP contribution in [-0.4, -0.2) is 33.6 Å². The molecule has 2 N–H and O–H groups in total. The Kier molecular flexibility index (Phi) is 5.04. The first kappa shape index (κ1) is 17.8. The van der Waals surface area contributed by atoms with E-state index < -0.39 is 5.60 Å². The largest absolute Gasteiger partial charge is 0.444 e. The summed E-state index contributed by atoms with van der Waals surface area (Å²) in [5.74, 6) is 0. The van der Waals surface area contributed by atoms with Gasteiger partial charge < -0.3 is 15.4 Å². The Labute approximate surface area is 139 Å². The summed E-state index contributed by atoms with van der Waals surface area (Å²) >= 11 is 0. The lowest BCUT2D eigenvalue weighted by Crippen LogP contribution is -2.37. The first-order chi connectivity index (χ1) is 10.6. The molecule has 0 radical (unpaired) electrons. The van der Waals surface area contributed by atoms with Crippen LogP contribution >= 0.6 is 0 Å². The molecule has 6 nitrogen and oxygen atoms in total. The number of ether oxygens (including phenoxy) is 1. The van der Waals surface area contributed by atoms with Gasteiger partial charge in [0.1, 0.15) is 5.60 Å². The van der Waals surface area contributed by atoms with Crippen LogP contribution < -0.4 is 10.6 Å². The average molecular weight is 322 g/mol. The molecule has 2 rings (SSSR count). The van der Waals surface area contributed by atoms with Gasteiger partial charge >= 0.3 is 6.09 Å². The molecule has 23 heavy (non-hydrogen) atoms. The molecule has 1 amide bonds. The minimum absolute atomic E-state index is 0.147. The monoisotopic (exact) mass is 322 g/mol. The second kappa shape index (κ2) is 6.51. The summed E-state index contributed by atoms with van der Waals surface area (Å²) in [6, 6.07) is 0.654. The van der Waals surface area contributed by atoms with Gasteiger partial charge in [-0.2, -0.15) is 5.10 Å². The van der Waals surface area contributed by atoms with Gasteiger partial charge in [-0.3, -0.25) is 4.68 Å². The van der Waals surface area contributed by atoms with Crippen molar-refractivity contribution in [3.8, 4) is 0 Å². The van der Waals surface area contributed by atoms with E-state index in [1.807, 2.05) is 25.5 Å². The molecular weight excluding hydrogens is 292 g/mol. The zero-order chi connectivity index (χ0) is 17.4. The Bertz CT molecular complexity index is 574. The van der Waals surface area contributed by atoms with Crippen molar-refractivity contribution in [1.29, 1.82) is 0 Å². The topological polar surface area (TPSA) is 68.2 Å². The van der Waals surface area contributed by atoms with Crippen LogP contribution in [0.1, 0.15) is 64.0 Å². The van der Waals surface area contributed by atoms with Gasteiger partial charge in [0.2, 0.25) is 0 Å². The third kappa shape index (κ3) is 4.47. The summed E-state index contributed by atoms with van der Waals surface area (Å²) in [4.78, 5) is 11.8. The second-order valence-corrected chi connectivity index (χ2v) is 7.38. The standard InChI is InChI=1S/C17H30N4O2/c1-8-21-12(4)15(11(3)20-21)10(2)18-13-9-14(13)19-16(22)23-17(5,6)7/h10,13-14,18H,8-9H2,1-7H3,(H,19,22). The van der Waals surface area contributed by atoms with Crippen LogP contribution in [0.15, 0.2) is 0 Å². The number of carbonyl (C=O) groups excluding carboxylic acids is 1. The number of alkyl carbamates (subject to hydrolysis) is 1.